The predicted molar refractivity (Wildman–Crippen MR) is 93.0 cm³/mol. The smallest absolute Gasteiger partial charge is 0.410 e. The Morgan fingerprint density at radius 3 is 2.60 bits per heavy atom. The number of rotatable bonds is 5. The average Bonchev–Trinajstić information content (AvgIpc) is 3.33. The molecule has 136 valence electrons. The average molecular weight is 346 g/mol. The van der Waals surface area contributed by atoms with Crippen molar-refractivity contribution in [2.45, 2.75) is 50.4 Å². The molecule has 6 heteroatoms. The molecule has 1 aromatic rings. The van der Waals surface area contributed by atoms with Gasteiger partial charge < -0.3 is 14.2 Å². The molecule has 2 atom stereocenters. The molecule has 1 aromatic carbocycles. The Bertz CT molecular complexity index is 644. The van der Waals surface area contributed by atoms with Gasteiger partial charge in [-0.1, -0.05) is 18.9 Å². The van der Waals surface area contributed by atoms with Gasteiger partial charge in [-0.25, -0.2) is 4.79 Å². The molecule has 1 saturated carbocycles. The summed E-state index contributed by atoms with van der Waals surface area (Å²) in [4.78, 5) is 16.7. The number of likely N-dealkylation sites (tertiary alicyclic amines) is 1. The van der Waals surface area contributed by atoms with Gasteiger partial charge in [-0.05, 0) is 30.5 Å². The van der Waals surface area contributed by atoms with Crippen molar-refractivity contribution in [2.24, 2.45) is 0 Å². The van der Waals surface area contributed by atoms with E-state index in [1.165, 1.54) is 25.7 Å². The molecule has 0 bridgehead atoms. The molecule has 2 heterocycles. The number of methoxy groups -OCH3 is 2. The SMILES string of the molecule is COc1ccc(CN2C(=O)O[C@@H]3CN(C4CCCC4)C[C@@H]32)cc1OC. The number of fused-ring (bicyclic) bond motifs is 1. The molecule has 3 aliphatic rings. The van der Waals surface area contributed by atoms with Crippen LogP contribution in [-0.2, 0) is 11.3 Å². The van der Waals surface area contributed by atoms with Crippen molar-refractivity contribution in [3.63, 3.8) is 0 Å². The Kier molecular flexibility index (Phi) is 4.46. The quantitative estimate of drug-likeness (QED) is 0.820. The van der Waals surface area contributed by atoms with E-state index in [4.69, 9.17) is 14.2 Å². The van der Waals surface area contributed by atoms with E-state index in [2.05, 4.69) is 4.90 Å². The first-order chi connectivity index (χ1) is 12.2. The highest BCUT2D eigenvalue weighted by Crippen LogP contribution is 2.34. The summed E-state index contributed by atoms with van der Waals surface area (Å²) >= 11 is 0. The van der Waals surface area contributed by atoms with E-state index in [1.54, 1.807) is 14.2 Å². The molecular formula is C19H26N2O4. The summed E-state index contributed by atoms with van der Waals surface area (Å²) in [6.07, 6.45) is 5.02. The van der Waals surface area contributed by atoms with Gasteiger partial charge in [0.05, 0.1) is 20.3 Å². The van der Waals surface area contributed by atoms with Crippen LogP contribution in [0.25, 0.3) is 0 Å². The highest BCUT2D eigenvalue weighted by atomic mass is 16.6. The van der Waals surface area contributed by atoms with Crippen molar-refractivity contribution < 1.29 is 19.0 Å². The second kappa shape index (κ2) is 6.75. The first kappa shape index (κ1) is 16.5. The Balaban J connectivity index is 1.47. The Labute approximate surface area is 148 Å². The fraction of sp³-hybridized carbons (Fsp3) is 0.632. The van der Waals surface area contributed by atoms with Crippen LogP contribution in [0.1, 0.15) is 31.2 Å². The lowest BCUT2D eigenvalue weighted by Gasteiger charge is -2.26. The van der Waals surface area contributed by atoms with Gasteiger partial charge in [0.2, 0.25) is 0 Å². The maximum atomic E-state index is 12.3. The summed E-state index contributed by atoms with van der Waals surface area (Å²) in [5.41, 5.74) is 1.02. The van der Waals surface area contributed by atoms with Crippen LogP contribution >= 0.6 is 0 Å². The molecule has 1 amide bonds. The minimum absolute atomic E-state index is 0.00763. The summed E-state index contributed by atoms with van der Waals surface area (Å²) in [6.45, 7) is 2.34. The van der Waals surface area contributed by atoms with Crippen molar-refractivity contribution in [3.8, 4) is 11.5 Å². The van der Waals surface area contributed by atoms with Gasteiger partial charge in [-0.3, -0.25) is 9.80 Å². The van der Waals surface area contributed by atoms with Crippen LogP contribution < -0.4 is 9.47 Å². The van der Waals surface area contributed by atoms with Gasteiger partial charge in [-0.2, -0.15) is 0 Å². The monoisotopic (exact) mass is 346 g/mol. The fourth-order valence-electron chi connectivity index (χ4n) is 4.46. The molecule has 0 N–H and O–H groups in total. The third-order valence-electron chi connectivity index (χ3n) is 5.79. The fourth-order valence-corrected chi connectivity index (χ4v) is 4.46. The van der Waals surface area contributed by atoms with E-state index in [-0.39, 0.29) is 18.2 Å². The summed E-state index contributed by atoms with van der Waals surface area (Å²) in [7, 11) is 3.24. The first-order valence-electron chi connectivity index (χ1n) is 9.12. The molecule has 1 aliphatic carbocycles. The largest absolute Gasteiger partial charge is 0.493 e. The van der Waals surface area contributed by atoms with Crippen LogP contribution in [0.4, 0.5) is 4.79 Å². The minimum atomic E-state index is -0.198. The zero-order chi connectivity index (χ0) is 17.4. The second-order valence-electron chi connectivity index (χ2n) is 7.20. The molecular weight excluding hydrogens is 320 g/mol. The van der Waals surface area contributed by atoms with Gasteiger partial charge in [0.1, 0.15) is 6.10 Å². The maximum absolute atomic E-state index is 12.3. The molecule has 6 nitrogen and oxygen atoms in total. The second-order valence-corrected chi connectivity index (χ2v) is 7.20. The zero-order valence-corrected chi connectivity index (χ0v) is 14.9. The minimum Gasteiger partial charge on any atom is -0.493 e. The Hall–Kier alpha value is -1.95. The number of carbonyl (C=O) groups excluding carboxylic acids is 1. The van der Waals surface area contributed by atoms with Gasteiger partial charge in [0, 0.05) is 25.7 Å². The standard InChI is InChI=1S/C19H26N2O4/c1-23-16-8-7-13(9-17(16)24-2)10-21-15-11-20(14-5-3-4-6-14)12-18(15)25-19(21)22/h7-9,14-15,18H,3-6,10-12H2,1-2H3/t15-,18+/m0/s1. The molecule has 2 saturated heterocycles. The van der Waals surface area contributed by atoms with Crippen LogP contribution in [0.3, 0.4) is 0 Å². The van der Waals surface area contributed by atoms with Crippen molar-refractivity contribution in [1.29, 1.82) is 0 Å². The van der Waals surface area contributed by atoms with E-state index < -0.39 is 0 Å². The lowest BCUT2D eigenvalue weighted by molar-refractivity contribution is 0.111. The Morgan fingerprint density at radius 1 is 1.12 bits per heavy atom. The molecule has 0 aromatic heterocycles. The topological polar surface area (TPSA) is 51.2 Å². The zero-order valence-electron chi connectivity index (χ0n) is 14.9. The van der Waals surface area contributed by atoms with Crippen LogP contribution in [0.5, 0.6) is 11.5 Å². The van der Waals surface area contributed by atoms with E-state index in [1.807, 2.05) is 23.1 Å². The van der Waals surface area contributed by atoms with Crippen LogP contribution in [0.2, 0.25) is 0 Å². The molecule has 4 rings (SSSR count). The Morgan fingerprint density at radius 2 is 1.88 bits per heavy atom. The third-order valence-corrected chi connectivity index (χ3v) is 5.79. The molecule has 25 heavy (non-hydrogen) atoms. The number of benzene rings is 1. The molecule has 0 radical (unpaired) electrons. The maximum Gasteiger partial charge on any atom is 0.410 e. The molecule has 3 fully saturated rings. The van der Waals surface area contributed by atoms with Gasteiger partial charge >= 0.3 is 6.09 Å². The lowest BCUT2D eigenvalue weighted by Crippen LogP contribution is -2.39. The summed E-state index contributed by atoms with van der Waals surface area (Å²) in [6, 6.07) is 6.62. The van der Waals surface area contributed by atoms with E-state index in [0.717, 1.165) is 18.7 Å². The summed E-state index contributed by atoms with van der Waals surface area (Å²) < 4.78 is 16.3. The summed E-state index contributed by atoms with van der Waals surface area (Å²) in [5.74, 6) is 1.38. The number of hydrogen-bond donors (Lipinski definition) is 0. The highest BCUT2D eigenvalue weighted by molar-refractivity contribution is 5.71. The highest BCUT2D eigenvalue weighted by Gasteiger charge is 2.49. The van der Waals surface area contributed by atoms with Crippen LogP contribution in [0, 0.1) is 0 Å². The van der Waals surface area contributed by atoms with Crippen molar-refractivity contribution in [1.82, 2.24) is 9.80 Å². The van der Waals surface area contributed by atoms with Crippen molar-refractivity contribution in [3.05, 3.63) is 23.8 Å². The van der Waals surface area contributed by atoms with E-state index in [9.17, 15) is 4.79 Å². The van der Waals surface area contributed by atoms with Crippen molar-refractivity contribution in [2.75, 3.05) is 27.3 Å². The molecule has 0 unspecified atom stereocenters. The normalized spacial score (nSPS) is 26.8. The molecule has 0 spiro atoms. The predicted octanol–water partition coefficient (Wildman–Crippen LogP) is 2.65. The van der Waals surface area contributed by atoms with Crippen LogP contribution in [-0.4, -0.2) is 61.4 Å². The number of hydrogen-bond acceptors (Lipinski definition) is 5. The van der Waals surface area contributed by atoms with E-state index in [0.29, 0.717) is 24.1 Å². The number of ether oxygens (including phenoxy) is 3. The number of nitrogens with zero attached hydrogens (tertiary/aromatic N) is 2. The van der Waals surface area contributed by atoms with E-state index >= 15 is 0 Å². The summed E-state index contributed by atoms with van der Waals surface area (Å²) in [5, 5.41) is 0. The third kappa shape index (κ3) is 3.03. The van der Waals surface area contributed by atoms with Crippen LogP contribution in [0.15, 0.2) is 18.2 Å². The lowest BCUT2D eigenvalue weighted by atomic mass is 10.1. The van der Waals surface area contributed by atoms with Gasteiger partial charge in [-0.15, -0.1) is 0 Å². The first-order valence-corrected chi connectivity index (χ1v) is 9.12. The molecule has 2 aliphatic heterocycles. The van der Waals surface area contributed by atoms with Gasteiger partial charge in [0.15, 0.2) is 11.5 Å². The van der Waals surface area contributed by atoms with Crippen molar-refractivity contribution >= 4 is 6.09 Å². The number of amides is 1. The van der Waals surface area contributed by atoms with Gasteiger partial charge in [0.25, 0.3) is 0 Å². The number of carbonyl (C=O) groups is 1.